The third kappa shape index (κ3) is 2.73. The Morgan fingerprint density at radius 1 is 1.50 bits per heavy atom. The van der Waals surface area contributed by atoms with E-state index in [2.05, 4.69) is 18.8 Å². The van der Waals surface area contributed by atoms with E-state index in [-0.39, 0.29) is 5.91 Å². The highest BCUT2D eigenvalue weighted by molar-refractivity contribution is 6.02. The van der Waals surface area contributed by atoms with Crippen LogP contribution in [0.5, 0.6) is 0 Å². The van der Waals surface area contributed by atoms with Crippen LogP contribution in [-0.2, 0) is 11.2 Å². The Hall–Kier alpha value is -1.57. The van der Waals surface area contributed by atoms with Gasteiger partial charge in [0, 0.05) is 11.3 Å². The zero-order chi connectivity index (χ0) is 10.6. The molecule has 0 saturated carbocycles. The minimum absolute atomic E-state index is 0.127. The van der Waals surface area contributed by atoms with E-state index in [1.54, 1.807) is 6.92 Å². The smallest absolute Gasteiger partial charge is 0.250 e. The van der Waals surface area contributed by atoms with Gasteiger partial charge < -0.3 is 5.32 Å². The molecule has 0 unspecified atom stereocenters. The minimum Gasteiger partial charge on any atom is -0.322 e. The molecule has 0 heterocycles. The molecule has 74 valence electrons. The van der Waals surface area contributed by atoms with Gasteiger partial charge in [-0.1, -0.05) is 25.6 Å². The van der Waals surface area contributed by atoms with Crippen molar-refractivity contribution in [2.45, 2.75) is 20.3 Å². The van der Waals surface area contributed by atoms with Gasteiger partial charge in [-0.05, 0) is 31.0 Å². The summed E-state index contributed by atoms with van der Waals surface area (Å²) in [6.45, 7) is 7.36. The molecular formula is C12H15NO. The van der Waals surface area contributed by atoms with E-state index in [1.165, 1.54) is 5.56 Å². The molecule has 0 aliphatic heterocycles. The topological polar surface area (TPSA) is 29.1 Å². The van der Waals surface area contributed by atoms with Crippen LogP contribution in [0.2, 0.25) is 0 Å². The van der Waals surface area contributed by atoms with E-state index in [0.29, 0.717) is 5.57 Å². The second-order valence-electron chi connectivity index (χ2n) is 3.29. The van der Waals surface area contributed by atoms with Gasteiger partial charge in [0.15, 0.2) is 0 Å². The summed E-state index contributed by atoms with van der Waals surface area (Å²) in [4.78, 5) is 11.3. The summed E-state index contributed by atoms with van der Waals surface area (Å²) < 4.78 is 0. The molecule has 0 spiro atoms. The van der Waals surface area contributed by atoms with Crippen LogP contribution < -0.4 is 5.32 Å². The number of nitrogens with one attached hydrogen (secondary N) is 1. The number of carbonyl (C=O) groups is 1. The standard InChI is InChI=1S/C12H15NO/c1-4-10-6-5-7-11(8-10)13-12(14)9(2)3/h5-8H,2,4H2,1,3H3,(H,13,14). The molecule has 0 radical (unpaired) electrons. The lowest BCUT2D eigenvalue weighted by Crippen LogP contribution is -2.11. The lowest BCUT2D eigenvalue weighted by Gasteiger charge is -2.05. The summed E-state index contributed by atoms with van der Waals surface area (Å²) >= 11 is 0. The van der Waals surface area contributed by atoms with Crippen LogP contribution in [0.3, 0.4) is 0 Å². The van der Waals surface area contributed by atoms with Crippen molar-refractivity contribution in [3.8, 4) is 0 Å². The predicted octanol–water partition coefficient (Wildman–Crippen LogP) is 2.76. The molecule has 0 atom stereocenters. The van der Waals surface area contributed by atoms with Crippen molar-refractivity contribution >= 4 is 11.6 Å². The monoisotopic (exact) mass is 189 g/mol. The predicted molar refractivity (Wildman–Crippen MR) is 59.3 cm³/mol. The average Bonchev–Trinajstić information content (AvgIpc) is 2.18. The van der Waals surface area contributed by atoms with Crippen LogP contribution >= 0.6 is 0 Å². The van der Waals surface area contributed by atoms with E-state index in [0.717, 1.165) is 12.1 Å². The second kappa shape index (κ2) is 4.61. The molecule has 0 fully saturated rings. The fourth-order valence-corrected chi connectivity index (χ4v) is 1.11. The minimum atomic E-state index is -0.127. The maximum Gasteiger partial charge on any atom is 0.250 e. The van der Waals surface area contributed by atoms with E-state index < -0.39 is 0 Å². The van der Waals surface area contributed by atoms with E-state index in [4.69, 9.17) is 0 Å². The Morgan fingerprint density at radius 3 is 2.79 bits per heavy atom. The van der Waals surface area contributed by atoms with Gasteiger partial charge in [0.1, 0.15) is 0 Å². The van der Waals surface area contributed by atoms with Gasteiger partial charge in [0.05, 0.1) is 0 Å². The van der Waals surface area contributed by atoms with E-state index >= 15 is 0 Å². The fourth-order valence-electron chi connectivity index (χ4n) is 1.11. The van der Waals surface area contributed by atoms with E-state index in [9.17, 15) is 4.79 Å². The van der Waals surface area contributed by atoms with Gasteiger partial charge >= 0.3 is 0 Å². The summed E-state index contributed by atoms with van der Waals surface area (Å²) in [6.07, 6.45) is 0.969. The summed E-state index contributed by atoms with van der Waals surface area (Å²) in [6, 6.07) is 7.82. The largest absolute Gasteiger partial charge is 0.322 e. The summed E-state index contributed by atoms with van der Waals surface area (Å²) in [5, 5.41) is 2.78. The first-order valence-electron chi connectivity index (χ1n) is 4.69. The first-order valence-corrected chi connectivity index (χ1v) is 4.69. The Balaban J connectivity index is 2.76. The maximum absolute atomic E-state index is 11.3. The molecule has 0 aromatic heterocycles. The van der Waals surface area contributed by atoms with Gasteiger partial charge in [-0.2, -0.15) is 0 Å². The number of anilines is 1. The zero-order valence-corrected chi connectivity index (χ0v) is 8.63. The lowest BCUT2D eigenvalue weighted by atomic mass is 10.1. The summed E-state index contributed by atoms with van der Waals surface area (Å²) in [7, 11) is 0. The number of hydrogen-bond donors (Lipinski definition) is 1. The van der Waals surface area contributed by atoms with Crippen LogP contribution in [-0.4, -0.2) is 5.91 Å². The van der Waals surface area contributed by atoms with Crippen LogP contribution in [0.15, 0.2) is 36.4 Å². The molecule has 2 nitrogen and oxygen atoms in total. The Labute approximate surface area is 84.6 Å². The molecule has 0 bridgehead atoms. The number of benzene rings is 1. The Bertz CT molecular complexity index is 355. The van der Waals surface area contributed by atoms with Gasteiger partial charge in [0.2, 0.25) is 0 Å². The maximum atomic E-state index is 11.3. The molecule has 1 amide bonds. The van der Waals surface area contributed by atoms with Gasteiger partial charge in [-0.25, -0.2) is 0 Å². The summed E-state index contributed by atoms with van der Waals surface area (Å²) in [5.41, 5.74) is 2.56. The SMILES string of the molecule is C=C(C)C(=O)Nc1cccc(CC)c1. The third-order valence-electron chi connectivity index (χ3n) is 1.98. The van der Waals surface area contributed by atoms with Crippen molar-refractivity contribution in [2.75, 3.05) is 5.32 Å². The number of amides is 1. The first kappa shape index (κ1) is 10.5. The highest BCUT2D eigenvalue weighted by Gasteiger charge is 2.01. The Kier molecular flexibility index (Phi) is 3.46. The van der Waals surface area contributed by atoms with Gasteiger partial charge in [-0.3, -0.25) is 4.79 Å². The fraction of sp³-hybridized carbons (Fsp3) is 0.250. The number of hydrogen-bond acceptors (Lipinski definition) is 1. The average molecular weight is 189 g/mol. The van der Waals surface area contributed by atoms with Crippen LogP contribution in [0.4, 0.5) is 5.69 Å². The lowest BCUT2D eigenvalue weighted by molar-refractivity contribution is -0.112. The second-order valence-corrected chi connectivity index (χ2v) is 3.29. The molecule has 0 saturated heterocycles. The number of aryl methyl sites for hydroxylation is 1. The molecule has 0 aliphatic rings. The van der Waals surface area contributed by atoms with Crippen molar-refractivity contribution in [1.82, 2.24) is 0 Å². The molecule has 14 heavy (non-hydrogen) atoms. The van der Waals surface area contributed by atoms with Crippen LogP contribution in [0, 0.1) is 0 Å². The van der Waals surface area contributed by atoms with Crippen molar-refractivity contribution in [3.05, 3.63) is 42.0 Å². The van der Waals surface area contributed by atoms with Crippen molar-refractivity contribution in [1.29, 1.82) is 0 Å². The van der Waals surface area contributed by atoms with Crippen molar-refractivity contribution in [2.24, 2.45) is 0 Å². The molecule has 0 aliphatic carbocycles. The zero-order valence-electron chi connectivity index (χ0n) is 8.63. The molecular weight excluding hydrogens is 174 g/mol. The van der Waals surface area contributed by atoms with E-state index in [1.807, 2.05) is 24.3 Å². The number of rotatable bonds is 3. The molecule has 1 N–H and O–H groups in total. The number of carbonyl (C=O) groups excluding carboxylic acids is 1. The first-order chi connectivity index (χ1) is 6.63. The summed E-state index contributed by atoms with van der Waals surface area (Å²) in [5.74, 6) is -0.127. The third-order valence-corrected chi connectivity index (χ3v) is 1.98. The quantitative estimate of drug-likeness (QED) is 0.728. The Morgan fingerprint density at radius 2 is 2.21 bits per heavy atom. The molecule has 2 heteroatoms. The highest BCUT2D eigenvalue weighted by Crippen LogP contribution is 2.11. The van der Waals surface area contributed by atoms with Crippen LogP contribution in [0.1, 0.15) is 19.4 Å². The van der Waals surface area contributed by atoms with Crippen LogP contribution in [0.25, 0.3) is 0 Å². The molecule has 1 aromatic carbocycles. The van der Waals surface area contributed by atoms with Gasteiger partial charge in [0.25, 0.3) is 5.91 Å². The van der Waals surface area contributed by atoms with Crippen molar-refractivity contribution < 1.29 is 4.79 Å². The highest BCUT2D eigenvalue weighted by atomic mass is 16.1. The normalized spacial score (nSPS) is 9.57. The molecule has 1 rings (SSSR count). The molecule has 1 aromatic rings. The van der Waals surface area contributed by atoms with Gasteiger partial charge in [-0.15, -0.1) is 0 Å². The van der Waals surface area contributed by atoms with Crippen molar-refractivity contribution in [3.63, 3.8) is 0 Å².